The number of phenols is 1. The van der Waals surface area contributed by atoms with Crippen molar-refractivity contribution in [3.8, 4) is 28.7 Å². The summed E-state index contributed by atoms with van der Waals surface area (Å²) in [6, 6.07) is 23.2. The van der Waals surface area contributed by atoms with Crippen LogP contribution in [-0.4, -0.2) is 63.9 Å². The Labute approximate surface area is 248 Å². The topological polar surface area (TPSA) is 111 Å². The van der Waals surface area contributed by atoms with Gasteiger partial charge in [0.25, 0.3) is 5.91 Å². The Balaban J connectivity index is 1.34. The lowest BCUT2D eigenvalue weighted by atomic mass is 9.79. The molecule has 7 rings (SSSR count). The first kappa shape index (κ1) is 26.6. The number of nitrogens with zero attached hydrogens (tertiary/aromatic N) is 3. The van der Waals surface area contributed by atoms with Gasteiger partial charge >= 0.3 is 0 Å². The normalized spacial score (nSPS) is 16.4. The van der Waals surface area contributed by atoms with E-state index in [1.54, 1.807) is 58.5 Å². The molecule has 0 bridgehead atoms. The number of ether oxygens (including phenoxy) is 4. The first-order valence-electron chi connectivity index (χ1n) is 14.1. The van der Waals surface area contributed by atoms with Gasteiger partial charge in [0.2, 0.25) is 19.5 Å². The molecule has 3 aromatic carbocycles. The molecular formula is C33H29N3O7. The third kappa shape index (κ3) is 5.05. The third-order valence-electron chi connectivity index (χ3n) is 8.10. The average Bonchev–Trinajstić information content (AvgIpc) is 3.70. The third-order valence-corrected chi connectivity index (χ3v) is 8.10. The van der Waals surface area contributed by atoms with E-state index in [2.05, 4.69) is 4.98 Å². The molecular weight excluding hydrogens is 550 g/mol. The lowest BCUT2D eigenvalue weighted by Gasteiger charge is -2.50. The van der Waals surface area contributed by atoms with Crippen LogP contribution in [0.25, 0.3) is 0 Å². The Morgan fingerprint density at radius 3 is 1.98 bits per heavy atom. The molecule has 1 saturated heterocycles. The number of piperazine rings is 1. The second-order valence-corrected chi connectivity index (χ2v) is 10.8. The van der Waals surface area contributed by atoms with Crippen LogP contribution in [0.2, 0.25) is 0 Å². The molecule has 1 aromatic heterocycles. The predicted molar refractivity (Wildman–Crippen MR) is 154 cm³/mol. The summed E-state index contributed by atoms with van der Waals surface area (Å²) in [5.74, 6) is 2.12. The molecule has 0 aliphatic carbocycles. The minimum absolute atomic E-state index is 0.130. The van der Waals surface area contributed by atoms with Gasteiger partial charge in [0.1, 0.15) is 17.0 Å². The molecule has 4 aromatic rings. The minimum atomic E-state index is -1.31. The molecule has 10 nitrogen and oxygen atoms in total. The van der Waals surface area contributed by atoms with E-state index in [4.69, 9.17) is 18.9 Å². The van der Waals surface area contributed by atoms with Crippen molar-refractivity contribution in [2.24, 2.45) is 0 Å². The minimum Gasteiger partial charge on any atom is -0.508 e. The maximum Gasteiger partial charge on any atom is 0.273 e. The molecule has 0 atom stereocenters. The van der Waals surface area contributed by atoms with Crippen LogP contribution < -0.4 is 18.9 Å². The fourth-order valence-electron chi connectivity index (χ4n) is 6.02. The largest absolute Gasteiger partial charge is 0.508 e. The van der Waals surface area contributed by atoms with Crippen LogP contribution in [0.4, 0.5) is 0 Å². The van der Waals surface area contributed by atoms with Crippen molar-refractivity contribution in [2.45, 2.75) is 24.9 Å². The van der Waals surface area contributed by atoms with Gasteiger partial charge in [-0.3, -0.25) is 14.6 Å². The summed E-state index contributed by atoms with van der Waals surface area (Å²) in [6.07, 6.45) is 2.02. The lowest BCUT2D eigenvalue weighted by molar-refractivity contribution is -0.149. The highest BCUT2D eigenvalue weighted by molar-refractivity contribution is 5.99. The fourth-order valence-corrected chi connectivity index (χ4v) is 6.02. The number of hydrogen-bond acceptors (Lipinski definition) is 8. The van der Waals surface area contributed by atoms with Gasteiger partial charge in [0.05, 0.1) is 0 Å². The first-order chi connectivity index (χ1) is 21.0. The Bertz CT molecular complexity index is 1620. The zero-order chi connectivity index (χ0) is 29.4. The highest BCUT2D eigenvalue weighted by Gasteiger charge is 2.52. The number of benzene rings is 3. The fraction of sp³-hybridized carbons (Fsp3) is 0.242. The van der Waals surface area contributed by atoms with Crippen molar-refractivity contribution in [3.05, 3.63) is 107 Å². The summed E-state index contributed by atoms with van der Waals surface area (Å²) in [6.45, 7) is 1.22. The zero-order valence-corrected chi connectivity index (χ0v) is 23.3. The molecule has 10 heteroatoms. The van der Waals surface area contributed by atoms with E-state index >= 15 is 0 Å². The van der Waals surface area contributed by atoms with Crippen LogP contribution in [0.3, 0.4) is 0 Å². The van der Waals surface area contributed by atoms with Gasteiger partial charge in [-0.1, -0.05) is 30.3 Å². The summed E-state index contributed by atoms with van der Waals surface area (Å²) in [7, 11) is 0. The molecule has 0 spiro atoms. The first-order valence-corrected chi connectivity index (χ1v) is 14.1. The maximum absolute atomic E-state index is 14.9. The summed E-state index contributed by atoms with van der Waals surface area (Å²) < 4.78 is 22.3. The Kier molecular flexibility index (Phi) is 6.73. The van der Waals surface area contributed by atoms with E-state index in [-0.39, 0.29) is 49.7 Å². The van der Waals surface area contributed by atoms with Crippen molar-refractivity contribution in [3.63, 3.8) is 0 Å². The molecule has 3 aliphatic rings. The van der Waals surface area contributed by atoms with Gasteiger partial charge in [0, 0.05) is 38.7 Å². The number of pyridine rings is 1. The molecule has 218 valence electrons. The predicted octanol–water partition coefficient (Wildman–Crippen LogP) is 3.95. The van der Waals surface area contributed by atoms with Crippen molar-refractivity contribution < 1.29 is 33.6 Å². The summed E-state index contributed by atoms with van der Waals surface area (Å²) >= 11 is 0. The van der Waals surface area contributed by atoms with Crippen LogP contribution in [0.1, 0.15) is 27.2 Å². The van der Waals surface area contributed by atoms with Crippen LogP contribution >= 0.6 is 0 Å². The molecule has 0 saturated carbocycles. The summed E-state index contributed by atoms with van der Waals surface area (Å²) in [4.78, 5) is 36.9. The number of hydrogen-bond donors (Lipinski definition) is 1. The van der Waals surface area contributed by atoms with Crippen molar-refractivity contribution in [1.82, 2.24) is 14.8 Å². The van der Waals surface area contributed by atoms with Crippen LogP contribution in [0, 0.1) is 0 Å². The smallest absolute Gasteiger partial charge is 0.273 e. The highest BCUT2D eigenvalue weighted by atomic mass is 16.7. The molecule has 4 heterocycles. The second kappa shape index (κ2) is 10.9. The molecule has 2 amide bonds. The highest BCUT2D eigenvalue weighted by Crippen LogP contribution is 2.39. The van der Waals surface area contributed by atoms with Gasteiger partial charge in [-0.15, -0.1) is 0 Å². The van der Waals surface area contributed by atoms with Crippen molar-refractivity contribution in [1.29, 1.82) is 0 Å². The van der Waals surface area contributed by atoms with Crippen molar-refractivity contribution in [2.75, 3.05) is 26.7 Å². The van der Waals surface area contributed by atoms with E-state index in [9.17, 15) is 14.7 Å². The summed E-state index contributed by atoms with van der Waals surface area (Å²) in [5.41, 5.74) is 1.47. The van der Waals surface area contributed by atoms with E-state index < -0.39 is 5.54 Å². The number of carbonyl (C=O) groups is 2. The van der Waals surface area contributed by atoms with Crippen LogP contribution in [0.5, 0.6) is 28.7 Å². The summed E-state index contributed by atoms with van der Waals surface area (Å²) in [5, 5.41) is 9.79. The number of rotatable bonds is 7. The quantitative estimate of drug-likeness (QED) is 0.351. The zero-order valence-electron chi connectivity index (χ0n) is 23.3. The second-order valence-electron chi connectivity index (χ2n) is 10.8. The number of fused-ring (bicyclic) bond motifs is 2. The number of aromatic nitrogens is 1. The standard InChI is InChI=1S/C33H29N3O7/c37-25-8-4-22(5-9-25)19-35-13-14-36(31(38)26-3-1-2-12-34-26)33(32(35)39,17-23-6-10-27-29(15-23)42-20-40-27)18-24-7-11-28-30(16-24)43-21-41-28/h1-12,15-16,37H,13-14,17-21H2. The monoisotopic (exact) mass is 579 g/mol. The number of amides is 2. The molecule has 43 heavy (non-hydrogen) atoms. The van der Waals surface area contributed by atoms with Gasteiger partial charge in [-0.05, 0) is 65.2 Å². The maximum atomic E-state index is 14.9. The Morgan fingerprint density at radius 1 is 0.767 bits per heavy atom. The van der Waals surface area contributed by atoms with Gasteiger partial charge < -0.3 is 33.9 Å². The molecule has 0 unspecified atom stereocenters. The number of aromatic hydroxyl groups is 1. The molecule has 1 N–H and O–H groups in total. The Hall–Kier alpha value is -5.25. The molecule has 1 fully saturated rings. The molecule has 0 radical (unpaired) electrons. The lowest BCUT2D eigenvalue weighted by Crippen LogP contribution is -2.69. The van der Waals surface area contributed by atoms with Gasteiger partial charge in [-0.2, -0.15) is 0 Å². The molecule has 3 aliphatic heterocycles. The van der Waals surface area contributed by atoms with E-state index in [0.29, 0.717) is 42.6 Å². The van der Waals surface area contributed by atoms with Gasteiger partial charge in [-0.25, -0.2) is 0 Å². The number of carbonyl (C=O) groups excluding carboxylic acids is 2. The number of phenolic OH excluding ortho intramolecular Hbond substituents is 1. The van der Waals surface area contributed by atoms with E-state index in [0.717, 1.165) is 16.7 Å². The van der Waals surface area contributed by atoms with Crippen LogP contribution in [-0.2, 0) is 24.2 Å². The average molecular weight is 580 g/mol. The van der Waals surface area contributed by atoms with Gasteiger partial charge in [0.15, 0.2) is 23.0 Å². The Morgan fingerprint density at radius 2 is 1.37 bits per heavy atom. The SMILES string of the molecule is O=C(c1ccccn1)N1CCN(Cc2ccc(O)cc2)C(=O)C1(Cc1ccc2c(c1)OCO2)Cc1ccc2c(c1)OCO2. The van der Waals surface area contributed by atoms with E-state index in [1.807, 2.05) is 36.4 Å². The van der Waals surface area contributed by atoms with Crippen molar-refractivity contribution >= 4 is 11.8 Å². The van der Waals surface area contributed by atoms with E-state index in [1.165, 1.54) is 0 Å². The van der Waals surface area contributed by atoms with Crippen LogP contribution in [0.15, 0.2) is 85.1 Å².